The lowest BCUT2D eigenvalue weighted by atomic mass is 10.1. The second-order valence-electron chi connectivity index (χ2n) is 4.08. The van der Waals surface area contributed by atoms with Crippen molar-refractivity contribution in [2.45, 2.75) is 6.42 Å². The minimum absolute atomic E-state index is 0. The van der Waals surface area contributed by atoms with Crippen molar-refractivity contribution < 1.29 is 0 Å². The van der Waals surface area contributed by atoms with E-state index >= 15 is 0 Å². The molecule has 0 fully saturated rings. The molecule has 1 aliphatic rings. The number of hydrogen-bond acceptors (Lipinski definition) is 3. The van der Waals surface area contributed by atoms with Gasteiger partial charge in [-0.05, 0) is 30.2 Å². The molecule has 1 heterocycles. The van der Waals surface area contributed by atoms with Crippen molar-refractivity contribution in [3.8, 4) is 0 Å². The Labute approximate surface area is 135 Å². The summed E-state index contributed by atoms with van der Waals surface area (Å²) in [6.07, 6.45) is 0.882. The summed E-state index contributed by atoms with van der Waals surface area (Å²) in [5.74, 6) is 0.970. The summed E-state index contributed by atoms with van der Waals surface area (Å²) in [6, 6.07) is 5.62. The van der Waals surface area contributed by atoms with Gasteiger partial charge in [0.2, 0.25) is 0 Å². The van der Waals surface area contributed by atoms with E-state index in [9.17, 15) is 0 Å². The Balaban J connectivity index is 0.00000162. The van der Waals surface area contributed by atoms with E-state index in [0.717, 1.165) is 37.6 Å². The highest BCUT2D eigenvalue weighted by Gasteiger charge is 2.10. The molecule has 0 saturated carbocycles. The summed E-state index contributed by atoms with van der Waals surface area (Å²) in [5.41, 5.74) is 1.14. The zero-order chi connectivity index (χ0) is 12.3. The molecule has 0 aliphatic carbocycles. The lowest BCUT2D eigenvalue weighted by Crippen LogP contribution is -2.36. The van der Waals surface area contributed by atoms with Crippen LogP contribution in [0.5, 0.6) is 0 Å². The van der Waals surface area contributed by atoms with Crippen LogP contribution in [0.25, 0.3) is 0 Å². The molecule has 0 unspecified atom stereocenters. The van der Waals surface area contributed by atoms with Crippen molar-refractivity contribution in [1.29, 1.82) is 0 Å². The Hall–Kier alpha value is -0.200. The van der Waals surface area contributed by atoms with E-state index in [1.165, 1.54) is 0 Å². The normalized spacial score (nSPS) is 14.2. The first-order valence-electron chi connectivity index (χ1n) is 5.59. The number of rotatable bonds is 3. The standard InChI is InChI=1S/C12H15Cl2N3.HI/c1-17-5-4-16-12(17)15-3-2-9-6-10(13)8-11(14)7-9;/h6-8H,2-5H2,1H3,(H,15,16);1H. The van der Waals surface area contributed by atoms with Crippen LogP contribution in [-0.2, 0) is 6.42 Å². The molecular formula is C12H16Cl2IN3. The first-order chi connectivity index (χ1) is 8.15. The minimum atomic E-state index is 0. The molecule has 0 atom stereocenters. The van der Waals surface area contributed by atoms with Gasteiger partial charge in [0.1, 0.15) is 0 Å². The van der Waals surface area contributed by atoms with Gasteiger partial charge in [0.15, 0.2) is 5.96 Å². The number of nitrogens with one attached hydrogen (secondary N) is 1. The van der Waals surface area contributed by atoms with Crippen molar-refractivity contribution >= 4 is 53.1 Å². The number of hydrogen-bond donors (Lipinski definition) is 1. The molecular weight excluding hydrogens is 384 g/mol. The van der Waals surface area contributed by atoms with Gasteiger partial charge in [-0.3, -0.25) is 4.99 Å². The first kappa shape index (κ1) is 15.9. The molecule has 18 heavy (non-hydrogen) atoms. The first-order valence-corrected chi connectivity index (χ1v) is 6.35. The van der Waals surface area contributed by atoms with E-state index in [1.54, 1.807) is 6.07 Å². The van der Waals surface area contributed by atoms with Crippen molar-refractivity contribution in [3.05, 3.63) is 33.8 Å². The van der Waals surface area contributed by atoms with E-state index in [-0.39, 0.29) is 24.0 Å². The zero-order valence-corrected chi connectivity index (χ0v) is 14.0. The Morgan fingerprint density at radius 2 is 1.94 bits per heavy atom. The predicted molar refractivity (Wildman–Crippen MR) is 88.5 cm³/mol. The van der Waals surface area contributed by atoms with Gasteiger partial charge < -0.3 is 10.2 Å². The van der Waals surface area contributed by atoms with E-state index in [4.69, 9.17) is 23.2 Å². The van der Waals surface area contributed by atoms with Crippen molar-refractivity contribution in [3.63, 3.8) is 0 Å². The van der Waals surface area contributed by atoms with Gasteiger partial charge in [-0.1, -0.05) is 23.2 Å². The highest BCUT2D eigenvalue weighted by molar-refractivity contribution is 14.0. The summed E-state index contributed by atoms with van der Waals surface area (Å²) in [6.45, 7) is 2.70. The van der Waals surface area contributed by atoms with Crippen LogP contribution in [0.1, 0.15) is 5.56 Å². The minimum Gasteiger partial charge on any atom is -0.356 e. The molecule has 1 aliphatic heterocycles. The van der Waals surface area contributed by atoms with Crippen LogP contribution in [0.4, 0.5) is 0 Å². The monoisotopic (exact) mass is 399 g/mol. The van der Waals surface area contributed by atoms with E-state index in [0.29, 0.717) is 10.0 Å². The Kier molecular flexibility index (Phi) is 6.52. The smallest absolute Gasteiger partial charge is 0.193 e. The molecule has 1 N–H and O–H groups in total. The lowest BCUT2D eigenvalue weighted by Gasteiger charge is -2.15. The zero-order valence-electron chi connectivity index (χ0n) is 10.1. The molecule has 0 aromatic heterocycles. The van der Waals surface area contributed by atoms with Gasteiger partial charge in [0.05, 0.1) is 6.54 Å². The predicted octanol–water partition coefficient (Wildman–Crippen LogP) is 3.04. The summed E-state index contributed by atoms with van der Waals surface area (Å²) in [4.78, 5) is 6.48. The number of benzene rings is 1. The number of halogens is 3. The molecule has 0 amide bonds. The van der Waals surface area contributed by atoms with Crippen LogP contribution in [-0.4, -0.2) is 37.5 Å². The lowest BCUT2D eigenvalue weighted by molar-refractivity contribution is 0.534. The third-order valence-electron chi connectivity index (χ3n) is 2.68. The van der Waals surface area contributed by atoms with Crippen LogP contribution in [0.15, 0.2) is 23.2 Å². The third-order valence-corrected chi connectivity index (χ3v) is 3.11. The van der Waals surface area contributed by atoms with Crippen LogP contribution in [0, 0.1) is 0 Å². The molecule has 1 aromatic rings. The summed E-state index contributed by atoms with van der Waals surface area (Å²) >= 11 is 11.9. The summed E-state index contributed by atoms with van der Waals surface area (Å²) < 4.78 is 0. The van der Waals surface area contributed by atoms with Crippen LogP contribution < -0.4 is 5.32 Å². The van der Waals surface area contributed by atoms with Gasteiger partial charge >= 0.3 is 0 Å². The van der Waals surface area contributed by atoms with Crippen molar-refractivity contribution in [2.24, 2.45) is 4.99 Å². The quantitative estimate of drug-likeness (QED) is 0.791. The third kappa shape index (κ3) is 4.48. The van der Waals surface area contributed by atoms with E-state index in [2.05, 4.69) is 15.2 Å². The van der Waals surface area contributed by atoms with Crippen molar-refractivity contribution in [2.75, 3.05) is 26.7 Å². The van der Waals surface area contributed by atoms with Gasteiger partial charge in [-0.2, -0.15) is 0 Å². The Bertz CT molecular complexity index is 417. The second kappa shape index (κ2) is 7.40. The molecule has 0 bridgehead atoms. The largest absolute Gasteiger partial charge is 0.356 e. The average molecular weight is 400 g/mol. The van der Waals surface area contributed by atoms with E-state index < -0.39 is 0 Å². The Morgan fingerprint density at radius 3 is 2.50 bits per heavy atom. The summed E-state index contributed by atoms with van der Waals surface area (Å²) in [5, 5.41) is 4.67. The highest BCUT2D eigenvalue weighted by Crippen LogP contribution is 2.19. The molecule has 2 rings (SSSR count). The van der Waals surface area contributed by atoms with Crippen LogP contribution in [0.3, 0.4) is 0 Å². The molecule has 0 saturated heterocycles. The maximum atomic E-state index is 5.94. The molecule has 6 heteroatoms. The topological polar surface area (TPSA) is 27.6 Å². The fourth-order valence-corrected chi connectivity index (χ4v) is 2.37. The fraction of sp³-hybridized carbons (Fsp3) is 0.417. The SMILES string of the molecule is CN1CCN=C1NCCc1cc(Cl)cc(Cl)c1.I. The molecule has 1 aromatic carbocycles. The molecule has 0 radical (unpaired) electrons. The van der Waals surface area contributed by atoms with Crippen molar-refractivity contribution in [1.82, 2.24) is 10.2 Å². The van der Waals surface area contributed by atoms with Crippen LogP contribution >= 0.6 is 47.2 Å². The second-order valence-corrected chi connectivity index (χ2v) is 4.95. The van der Waals surface area contributed by atoms with Gasteiger partial charge in [0.25, 0.3) is 0 Å². The molecule has 100 valence electrons. The molecule has 3 nitrogen and oxygen atoms in total. The highest BCUT2D eigenvalue weighted by atomic mass is 127. The number of likely N-dealkylation sites (N-methyl/N-ethyl adjacent to an activating group) is 1. The fourth-order valence-electron chi connectivity index (χ4n) is 1.80. The number of nitrogens with zero attached hydrogens (tertiary/aromatic N) is 2. The van der Waals surface area contributed by atoms with Crippen LogP contribution in [0.2, 0.25) is 10.0 Å². The maximum absolute atomic E-state index is 5.94. The maximum Gasteiger partial charge on any atom is 0.193 e. The van der Waals surface area contributed by atoms with Gasteiger partial charge in [-0.15, -0.1) is 24.0 Å². The van der Waals surface area contributed by atoms with E-state index in [1.807, 2.05) is 19.2 Å². The van der Waals surface area contributed by atoms with Gasteiger partial charge in [-0.25, -0.2) is 0 Å². The number of guanidine groups is 1. The number of aliphatic imine (C=N–C) groups is 1. The summed E-state index contributed by atoms with van der Waals surface area (Å²) in [7, 11) is 2.04. The average Bonchev–Trinajstić information content (AvgIpc) is 2.63. The molecule has 0 spiro atoms. The Morgan fingerprint density at radius 1 is 1.28 bits per heavy atom. The van der Waals surface area contributed by atoms with Gasteiger partial charge in [0, 0.05) is 30.2 Å².